The Kier molecular flexibility index (Phi) is 4.20. The van der Waals surface area contributed by atoms with Crippen molar-refractivity contribution in [1.29, 1.82) is 0 Å². The van der Waals surface area contributed by atoms with Crippen LogP contribution in [0.1, 0.15) is 29.7 Å². The second-order valence-electron chi connectivity index (χ2n) is 6.01. The van der Waals surface area contributed by atoms with Crippen molar-refractivity contribution in [2.75, 3.05) is 11.9 Å². The van der Waals surface area contributed by atoms with Gasteiger partial charge in [0.2, 0.25) is 0 Å². The number of benzene rings is 1. The number of rotatable bonds is 6. The van der Waals surface area contributed by atoms with Crippen LogP contribution in [0.5, 0.6) is 0 Å². The van der Waals surface area contributed by atoms with Gasteiger partial charge in [0.1, 0.15) is 0 Å². The van der Waals surface area contributed by atoms with Crippen molar-refractivity contribution in [2.45, 2.75) is 38.9 Å². The Labute approximate surface area is 127 Å². The zero-order valence-corrected chi connectivity index (χ0v) is 12.8. The fourth-order valence-corrected chi connectivity index (χ4v) is 2.51. The number of anilines is 1. The van der Waals surface area contributed by atoms with Crippen LogP contribution in [-0.2, 0) is 13.1 Å². The summed E-state index contributed by atoms with van der Waals surface area (Å²) in [4.78, 5) is 6.73. The molecule has 0 atom stereocenters. The highest BCUT2D eigenvalue weighted by Crippen LogP contribution is 2.20. The molecule has 0 amide bonds. The Bertz CT molecular complexity index is 605. The molecular weight excluding hydrogens is 258 g/mol. The summed E-state index contributed by atoms with van der Waals surface area (Å²) in [5.74, 6) is 0. The molecule has 0 unspecified atom stereocenters. The van der Waals surface area contributed by atoms with Crippen LogP contribution in [0.4, 0.5) is 5.69 Å². The lowest BCUT2D eigenvalue weighted by Gasteiger charge is -2.20. The van der Waals surface area contributed by atoms with Crippen LogP contribution in [0.2, 0.25) is 0 Å². The van der Waals surface area contributed by atoms with Gasteiger partial charge in [0.05, 0.1) is 5.69 Å². The highest BCUT2D eigenvalue weighted by atomic mass is 15.1. The molecule has 2 aromatic rings. The van der Waals surface area contributed by atoms with Crippen molar-refractivity contribution in [3.63, 3.8) is 0 Å². The van der Waals surface area contributed by atoms with Crippen LogP contribution < -0.4 is 10.2 Å². The van der Waals surface area contributed by atoms with Gasteiger partial charge >= 0.3 is 0 Å². The van der Waals surface area contributed by atoms with E-state index in [-0.39, 0.29) is 0 Å². The van der Waals surface area contributed by atoms with Gasteiger partial charge in [-0.3, -0.25) is 4.98 Å². The Morgan fingerprint density at radius 2 is 2.10 bits per heavy atom. The van der Waals surface area contributed by atoms with Crippen LogP contribution in [0.3, 0.4) is 0 Å². The van der Waals surface area contributed by atoms with E-state index in [0.717, 1.165) is 24.8 Å². The third-order valence-corrected chi connectivity index (χ3v) is 3.89. The Balaban J connectivity index is 1.65. The predicted molar refractivity (Wildman–Crippen MR) is 87.4 cm³/mol. The molecule has 1 N–H and O–H groups in total. The van der Waals surface area contributed by atoms with Crippen LogP contribution >= 0.6 is 0 Å². The zero-order chi connectivity index (χ0) is 14.7. The summed E-state index contributed by atoms with van der Waals surface area (Å²) in [5.41, 5.74) is 4.99. The molecule has 1 aromatic carbocycles. The SMILES string of the molecule is Cc1cccc(CN(C)c2ccnc(CNC3CC3)c2)c1. The summed E-state index contributed by atoms with van der Waals surface area (Å²) in [6.45, 7) is 3.93. The number of aromatic nitrogens is 1. The molecule has 1 fully saturated rings. The van der Waals surface area contributed by atoms with Gasteiger partial charge in [-0.05, 0) is 37.5 Å². The molecule has 1 heterocycles. The van der Waals surface area contributed by atoms with E-state index in [1.807, 2.05) is 6.20 Å². The maximum absolute atomic E-state index is 4.45. The van der Waals surface area contributed by atoms with Gasteiger partial charge in [-0.2, -0.15) is 0 Å². The van der Waals surface area contributed by atoms with Gasteiger partial charge < -0.3 is 10.2 Å². The molecule has 21 heavy (non-hydrogen) atoms. The fourth-order valence-electron chi connectivity index (χ4n) is 2.51. The summed E-state index contributed by atoms with van der Waals surface area (Å²) in [6, 6.07) is 13.7. The molecule has 1 saturated carbocycles. The maximum atomic E-state index is 4.45. The van der Waals surface area contributed by atoms with Crippen LogP contribution in [0.25, 0.3) is 0 Å². The van der Waals surface area contributed by atoms with Crippen LogP contribution in [0.15, 0.2) is 42.6 Å². The molecule has 3 rings (SSSR count). The highest BCUT2D eigenvalue weighted by molar-refractivity contribution is 5.46. The second-order valence-corrected chi connectivity index (χ2v) is 6.01. The number of hydrogen-bond acceptors (Lipinski definition) is 3. The second kappa shape index (κ2) is 6.27. The lowest BCUT2D eigenvalue weighted by atomic mass is 10.1. The van der Waals surface area contributed by atoms with E-state index in [2.05, 4.69) is 65.6 Å². The van der Waals surface area contributed by atoms with Crippen molar-refractivity contribution in [2.24, 2.45) is 0 Å². The van der Waals surface area contributed by atoms with E-state index in [1.54, 1.807) is 0 Å². The third-order valence-electron chi connectivity index (χ3n) is 3.89. The first-order chi connectivity index (χ1) is 10.2. The zero-order valence-electron chi connectivity index (χ0n) is 12.8. The molecule has 1 aromatic heterocycles. The van der Waals surface area contributed by atoms with Crippen molar-refractivity contribution >= 4 is 5.69 Å². The van der Waals surface area contributed by atoms with Gasteiger partial charge in [0.25, 0.3) is 0 Å². The number of nitrogens with one attached hydrogen (secondary N) is 1. The lowest BCUT2D eigenvalue weighted by molar-refractivity contribution is 0.674. The van der Waals surface area contributed by atoms with E-state index < -0.39 is 0 Å². The number of pyridine rings is 1. The summed E-state index contributed by atoms with van der Waals surface area (Å²) < 4.78 is 0. The average Bonchev–Trinajstić information content (AvgIpc) is 3.30. The standard InChI is InChI=1S/C18H23N3/c1-14-4-3-5-15(10-14)13-21(2)18-8-9-19-17(11-18)12-20-16-6-7-16/h3-5,8-11,16,20H,6-7,12-13H2,1-2H3. The molecule has 0 bridgehead atoms. The minimum Gasteiger partial charge on any atom is -0.370 e. The molecule has 0 saturated heterocycles. The molecule has 1 aliphatic rings. The maximum Gasteiger partial charge on any atom is 0.0562 e. The topological polar surface area (TPSA) is 28.2 Å². The van der Waals surface area contributed by atoms with E-state index in [4.69, 9.17) is 0 Å². The summed E-state index contributed by atoms with van der Waals surface area (Å²) >= 11 is 0. The van der Waals surface area contributed by atoms with E-state index in [0.29, 0.717) is 0 Å². The van der Waals surface area contributed by atoms with Crippen LogP contribution in [0, 0.1) is 6.92 Å². The largest absolute Gasteiger partial charge is 0.370 e. The minimum absolute atomic E-state index is 0.723. The number of hydrogen-bond donors (Lipinski definition) is 1. The summed E-state index contributed by atoms with van der Waals surface area (Å²) in [5, 5.41) is 3.52. The third kappa shape index (κ3) is 4.05. The lowest BCUT2D eigenvalue weighted by Crippen LogP contribution is -2.19. The van der Waals surface area contributed by atoms with Gasteiger partial charge in [-0.15, -0.1) is 0 Å². The average molecular weight is 281 g/mol. The quantitative estimate of drug-likeness (QED) is 0.880. The first kappa shape index (κ1) is 14.1. The van der Waals surface area contributed by atoms with E-state index in [1.165, 1.54) is 29.7 Å². The molecule has 0 aliphatic heterocycles. The smallest absolute Gasteiger partial charge is 0.0562 e. The molecular formula is C18H23N3. The normalized spacial score (nSPS) is 14.2. The number of aryl methyl sites for hydroxylation is 1. The Morgan fingerprint density at radius 1 is 1.24 bits per heavy atom. The van der Waals surface area contributed by atoms with Gasteiger partial charge in [0.15, 0.2) is 0 Å². The van der Waals surface area contributed by atoms with Crippen molar-refractivity contribution < 1.29 is 0 Å². The molecule has 3 nitrogen and oxygen atoms in total. The van der Waals surface area contributed by atoms with Crippen molar-refractivity contribution in [1.82, 2.24) is 10.3 Å². The van der Waals surface area contributed by atoms with E-state index >= 15 is 0 Å². The number of nitrogens with zero attached hydrogens (tertiary/aromatic N) is 2. The Morgan fingerprint density at radius 3 is 2.86 bits per heavy atom. The molecule has 3 heteroatoms. The first-order valence-electron chi connectivity index (χ1n) is 7.66. The Hall–Kier alpha value is -1.87. The molecule has 0 radical (unpaired) electrons. The fraction of sp³-hybridized carbons (Fsp3) is 0.389. The van der Waals surface area contributed by atoms with Gasteiger partial charge in [-0.1, -0.05) is 29.8 Å². The molecule has 0 spiro atoms. The first-order valence-corrected chi connectivity index (χ1v) is 7.66. The molecule has 110 valence electrons. The monoisotopic (exact) mass is 281 g/mol. The van der Waals surface area contributed by atoms with E-state index in [9.17, 15) is 0 Å². The highest BCUT2D eigenvalue weighted by Gasteiger charge is 2.20. The summed E-state index contributed by atoms with van der Waals surface area (Å²) in [7, 11) is 2.13. The van der Waals surface area contributed by atoms with Gasteiger partial charge in [-0.25, -0.2) is 0 Å². The predicted octanol–water partition coefficient (Wildman–Crippen LogP) is 3.28. The summed E-state index contributed by atoms with van der Waals surface area (Å²) in [6.07, 6.45) is 4.53. The molecule has 1 aliphatic carbocycles. The minimum atomic E-state index is 0.723. The van der Waals surface area contributed by atoms with Crippen LogP contribution in [-0.4, -0.2) is 18.1 Å². The van der Waals surface area contributed by atoms with Crippen molar-refractivity contribution in [3.8, 4) is 0 Å². The van der Waals surface area contributed by atoms with Crippen molar-refractivity contribution in [3.05, 3.63) is 59.4 Å². The van der Waals surface area contributed by atoms with Gasteiger partial charge in [0, 0.05) is 38.1 Å².